The van der Waals surface area contributed by atoms with Gasteiger partial charge in [0.1, 0.15) is 5.69 Å². The molecule has 5 rings (SSSR count). The monoisotopic (exact) mass is 587 g/mol. The molecule has 0 radical (unpaired) electrons. The Hall–Kier alpha value is -3.43. The van der Waals surface area contributed by atoms with Gasteiger partial charge in [-0.05, 0) is 55.0 Å². The Morgan fingerprint density at radius 1 is 1.10 bits per heavy atom. The highest BCUT2D eigenvalue weighted by atomic mass is 35.5. The van der Waals surface area contributed by atoms with Gasteiger partial charge in [-0.25, -0.2) is 14.6 Å². The fourth-order valence-corrected chi connectivity index (χ4v) is 5.64. The summed E-state index contributed by atoms with van der Waals surface area (Å²) < 4.78 is 42.0. The van der Waals surface area contributed by atoms with Crippen molar-refractivity contribution in [3.8, 4) is 5.95 Å². The number of hydrogen-bond acceptors (Lipinski definition) is 4. The van der Waals surface area contributed by atoms with E-state index in [2.05, 4.69) is 20.4 Å². The van der Waals surface area contributed by atoms with Gasteiger partial charge in [0.25, 0.3) is 11.9 Å². The first kappa shape index (κ1) is 28.1. The maximum Gasteiger partial charge on any atom is 0.433 e. The second-order valence-electron chi connectivity index (χ2n) is 9.73. The van der Waals surface area contributed by atoms with Crippen LogP contribution in [-0.2, 0) is 19.0 Å². The molecule has 1 N–H and O–H groups in total. The number of rotatable bonds is 7. The highest BCUT2D eigenvalue weighted by Gasteiger charge is 2.35. The molecule has 1 aliphatic carbocycles. The normalized spacial score (nSPS) is 16.2. The number of carbonyl (C=O) groups is 1. The summed E-state index contributed by atoms with van der Waals surface area (Å²) in [6, 6.07) is 17.1. The minimum Gasteiger partial charge on any atom is -0.343 e. The van der Waals surface area contributed by atoms with Crippen LogP contribution in [0.1, 0.15) is 69.8 Å². The Kier molecular flexibility index (Phi) is 8.42. The molecule has 208 valence electrons. The topological polar surface area (TPSA) is 72.7 Å². The summed E-state index contributed by atoms with van der Waals surface area (Å²) in [6.45, 7) is 0. The minimum absolute atomic E-state index is 0.132. The largest absolute Gasteiger partial charge is 0.433 e. The van der Waals surface area contributed by atoms with Crippen LogP contribution in [0, 0.1) is 0 Å². The molecule has 2 heterocycles. The fraction of sp³-hybridized carbons (Fsp3) is 0.310. The standard InChI is InChI=1S/C29H26Cl2F3N5O/c30-17-23(19-8-2-1-3-9-19)36-27(40)25-22-12-5-4-10-20(15-18-7-6-11-21(31)16-18)26(22)39(38-25)28-35-14-13-24(37-28)29(32,33)34/h1-3,6-9,11,13-14,16,20,23H,4-5,10,12,15,17H2,(H,36,40)/t20?,23-/m0/s1. The average Bonchev–Trinajstić information content (AvgIpc) is 3.21. The Morgan fingerprint density at radius 3 is 2.62 bits per heavy atom. The number of halogens is 5. The van der Waals surface area contributed by atoms with Crippen molar-refractivity contribution in [3.05, 3.63) is 106 Å². The van der Waals surface area contributed by atoms with Gasteiger partial charge in [-0.2, -0.15) is 18.3 Å². The number of amides is 1. The molecule has 0 spiro atoms. The van der Waals surface area contributed by atoms with Crippen molar-refractivity contribution in [2.45, 2.75) is 50.2 Å². The smallest absolute Gasteiger partial charge is 0.343 e. The molecule has 0 saturated heterocycles. The maximum atomic E-state index is 13.7. The first-order chi connectivity index (χ1) is 19.2. The van der Waals surface area contributed by atoms with Crippen LogP contribution in [0.25, 0.3) is 5.95 Å². The second kappa shape index (κ2) is 12.0. The molecule has 0 saturated carbocycles. The van der Waals surface area contributed by atoms with Crippen molar-refractivity contribution in [1.82, 2.24) is 25.1 Å². The van der Waals surface area contributed by atoms with Crippen molar-refractivity contribution >= 4 is 29.1 Å². The number of fused-ring (bicyclic) bond motifs is 1. The highest BCUT2D eigenvalue weighted by molar-refractivity contribution is 6.30. The lowest BCUT2D eigenvalue weighted by atomic mass is 9.91. The summed E-state index contributed by atoms with van der Waals surface area (Å²) in [5.41, 5.74) is 2.18. The summed E-state index contributed by atoms with van der Waals surface area (Å²) in [6.07, 6.45) is -0.0794. The summed E-state index contributed by atoms with van der Waals surface area (Å²) in [5, 5.41) is 8.11. The SMILES string of the molecule is O=C(N[C@@H](CCl)c1ccccc1)c1nn(-c2nccc(C(F)(F)F)n2)c2c1CCCCC2Cc1cccc(Cl)c1. The van der Waals surface area contributed by atoms with Crippen molar-refractivity contribution in [3.63, 3.8) is 0 Å². The summed E-state index contributed by atoms with van der Waals surface area (Å²) in [4.78, 5) is 21.6. The van der Waals surface area contributed by atoms with Crippen molar-refractivity contribution in [2.24, 2.45) is 0 Å². The van der Waals surface area contributed by atoms with Gasteiger partial charge in [0.2, 0.25) is 0 Å². The lowest BCUT2D eigenvalue weighted by molar-refractivity contribution is -0.141. The summed E-state index contributed by atoms with van der Waals surface area (Å²) in [7, 11) is 0. The van der Waals surface area contributed by atoms with Crippen LogP contribution in [0.2, 0.25) is 5.02 Å². The van der Waals surface area contributed by atoms with Crippen LogP contribution < -0.4 is 5.32 Å². The van der Waals surface area contributed by atoms with Crippen LogP contribution in [0.15, 0.2) is 66.9 Å². The van der Waals surface area contributed by atoms with Gasteiger partial charge in [0.05, 0.1) is 11.7 Å². The van der Waals surface area contributed by atoms with Gasteiger partial charge in [-0.15, -0.1) is 11.6 Å². The summed E-state index contributed by atoms with van der Waals surface area (Å²) >= 11 is 12.4. The molecule has 4 aromatic rings. The Morgan fingerprint density at radius 2 is 1.90 bits per heavy atom. The molecular formula is C29H26Cl2F3N5O. The van der Waals surface area contributed by atoms with Gasteiger partial charge >= 0.3 is 6.18 Å². The lowest BCUT2D eigenvalue weighted by Crippen LogP contribution is -2.30. The Balaban J connectivity index is 1.61. The Labute approximate surface area is 239 Å². The number of hydrogen-bond donors (Lipinski definition) is 1. The molecule has 6 nitrogen and oxygen atoms in total. The van der Waals surface area contributed by atoms with E-state index < -0.39 is 23.8 Å². The van der Waals surface area contributed by atoms with E-state index in [0.29, 0.717) is 29.1 Å². The van der Waals surface area contributed by atoms with Crippen molar-refractivity contribution in [2.75, 3.05) is 5.88 Å². The summed E-state index contributed by atoms with van der Waals surface area (Å²) in [5.74, 6) is -0.715. The number of nitrogens with zero attached hydrogens (tertiary/aromatic N) is 4. The molecular weight excluding hydrogens is 562 g/mol. The van der Waals surface area contributed by atoms with Crippen molar-refractivity contribution < 1.29 is 18.0 Å². The van der Waals surface area contributed by atoms with E-state index in [-0.39, 0.29) is 23.4 Å². The third-order valence-electron chi connectivity index (χ3n) is 7.01. The molecule has 1 amide bonds. The van der Waals surface area contributed by atoms with Crippen LogP contribution in [0.3, 0.4) is 0 Å². The third kappa shape index (κ3) is 6.15. The lowest BCUT2D eigenvalue weighted by Gasteiger charge is -2.18. The average molecular weight is 588 g/mol. The number of alkyl halides is 4. The molecule has 1 aliphatic rings. The molecule has 2 aromatic carbocycles. The number of carbonyl (C=O) groups excluding carboxylic acids is 1. The predicted molar refractivity (Wildman–Crippen MR) is 147 cm³/mol. The molecule has 0 aliphatic heterocycles. The molecule has 2 atom stereocenters. The molecule has 1 unspecified atom stereocenters. The van der Waals surface area contributed by atoms with Crippen LogP contribution in [0.5, 0.6) is 0 Å². The van der Waals surface area contributed by atoms with Crippen LogP contribution in [-0.4, -0.2) is 31.5 Å². The van der Waals surface area contributed by atoms with Gasteiger partial charge in [-0.3, -0.25) is 4.79 Å². The van der Waals surface area contributed by atoms with E-state index in [1.54, 1.807) is 6.07 Å². The molecule has 40 heavy (non-hydrogen) atoms. The predicted octanol–water partition coefficient (Wildman–Crippen LogP) is 7.10. The van der Waals surface area contributed by atoms with E-state index in [1.807, 2.05) is 48.5 Å². The quantitative estimate of drug-likeness (QED) is 0.185. The number of benzene rings is 2. The molecule has 2 aromatic heterocycles. The van der Waals surface area contributed by atoms with Gasteiger partial charge in [-0.1, -0.05) is 60.5 Å². The molecule has 0 bridgehead atoms. The van der Waals surface area contributed by atoms with E-state index in [9.17, 15) is 18.0 Å². The first-order valence-corrected chi connectivity index (χ1v) is 13.8. The minimum atomic E-state index is -4.66. The van der Waals surface area contributed by atoms with E-state index >= 15 is 0 Å². The van der Waals surface area contributed by atoms with E-state index in [0.717, 1.165) is 42.7 Å². The fourth-order valence-electron chi connectivity index (χ4n) is 5.17. The molecule has 0 fully saturated rings. The van der Waals surface area contributed by atoms with Crippen molar-refractivity contribution in [1.29, 1.82) is 0 Å². The van der Waals surface area contributed by atoms with E-state index in [1.165, 1.54) is 4.68 Å². The number of nitrogens with one attached hydrogen (secondary N) is 1. The van der Waals surface area contributed by atoms with E-state index in [4.69, 9.17) is 23.2 Å². The van der Waals surface area contributed by atoms with Gasteiger partial charge in [0.15, 0.2) is 5.69 Å². The first-order valence-electron chi connectivity index (χ1n) is 12.9. The highest BCUT2D eigenvalue weighted by Crippen LogP contribution is 2.37. The zero-order chi connectivity index (χ0) is 28.3. The maximum absolute atomic E-state index is 13.7. The Bertz CT molecular complexity index is 1490. The number of aromatic nitrogens is 4. The van der Waals surface area contributed by atoms with Crippen LogP contribution >= 0.6 is 23.2 Å². The molecule has 11 heteroatoms. The van der Waals surface area contributed by atoms with Crippen LogP contribution in [0.4, 0.5) is 13.2 Å². The zero-order valence-corrected chi connectivity index (χ0v) is 22.8. The third-order valence-corrected chi connectivity index (χ3v) is 7.55. The van der Waals surface area contributed by atoms with Gasteiger partial charge in [0, 0.05) is 28.6 Å². The second-order valence-corrected chi connectivity index (χ2v) is 10.5. The van der Waals surface area contributed by atoms with Gasteiger partial charge < -0.3 is 5.32 Å². The zero-order valence-electron chi connectivity index (χ0n) is 21.3.